The van der Waals surface area contributed by atoms with Crippen LogP contribution in [0.2, 0.25) is 0 Å². The van der Waals surface area contributed by atoms with Gasteiger partial charge in [0.15, 0.2) is 0 Å². The van der Waals surface area contributed by atoms with E-state index in [0.717, 1.165) is 0 Å². The fraction of sp³-hybridized carbons (Fsp3) is 0.750. The molecular formula is C8H15ClN2O3. The van der Waals surface area contributed by atoms with Crippen LogP contribution < -0.4 is 10.6 Å². The van der Waals surface area contributed by atoms with Crippen molar-refractivity contribution in [2.75, 3.05) is 12.4 Å². The van der Waals surface area contributed by atoms with E-state index in [2.05, 4.69) is 10.6 Å². The van der Waals surface area contributed by atoms with Crippen molar-refractivity contribution in [3.63, 3.8) is 0 Å². The Labute approximate surface area is 87.8 Å². The molecule has 0 heterocycles. The average Bonchev–Trinajstić information content (AvgIpc) is 2.09. The van der Waals surface area contributed by atoms with Gasteiger partial charge in [0, 0.05) is 12.4 Å². The minimum Gasteiger partial charge on any atom is -0.480 e. The summed E-state index contributed by atoms with van der Waals surface area (Å²) in [5.74, 6) is -0.900. The molecule has 0 unspecified atom stereocenters. The molecule has 6 heteroatoms. The molecule has 0 aliphatic heterocycles. The Morgan fingerprint density at radius 3 is 2.36 bits per heavy atom. The summed E-state index contributed by atoms with van der Waals surface area (Å²) in [7, 11) is 0. The van der Waals surface area contributed by atoms with Crippen molar-refractivity contribution in [1.29, 1.82) is 0 Å². The number of aliphatic carboxylic acids is 1. The van der Waals surface area contributed by atoms with Crippen LogP contribution in [0.1, 0.15) is 13.8 Å². The van der Waals surface area contributed by atoms with Crippen LogP contribution in [0.5, 0.6) is 0 Å². The van der Waals surface area contributed by atoms with Crippen molar-refractivity contribution in [1.82, 2.24) is 10.6 Å². The lowest BCUT2D eigenvalue weighted by molar-refractivity contribution is -0.140. The Morgan fingerprint density at radius 1 is 1.43 bits per heavy atom. The van der Waals surface area contributed by atoms with Crippen LogP contribution in [0.25, 0.3) is 0 Å². The van der Waals surface area contributed by atoms with Gasteiger partial charge in [-0.15, -0.1) is 11.6 Å². The molecule has 0 aromatic heterocycles. The fourth-order valence-electron chi connectivity index (χ4n) is 0.867. The topological polar surface area (TPSA) is 78.4 Å². The van der Waals surface area contributed by atoms with E-state index in [1.54, 1.807) is 13.8 Å². The van der Waals surface area contributed by atoms with Crippen molar-refractivity contribution in [3.05, 3.63) is 0 Å². The molecule has 0 rings (SSSR count). The monoisotopic (exact) mass is 222 g/mol. The number of carbonyl (C=O) groups excluding carboxylic acids is 1. The van der Waals surface area contributed by atoms with Gasteiger partial charge in [0.05, 0.1) is 0 Å². The Kier molecular flexibility index (Phi) is 6.03. The summed E-state index contributed by atoms with van der Waals surface area (Å²) in [5.41, 5.74) is 0. The quantitative estimate of drug-likeness (QED) is 0.597. The smallest absolute Gasteiger partial charge is 0.326 e. The zero-order valence-corrected chi connectivity index (χ0v) is 8.97. The largest absolute Gasteiger partial charge is 0.480 e. The third-order valence-electron chi connectivity index (χ3n) is 1.60. The number of carboxylic acids is 1. The normalized spacial score (nSPS) is 12.3. The van der Waals surface area contributed by atoms with Crippen LogP contribution in [0.3, 0.4) is 0 Å². The molecule has 0 aliphatic carbocycles. The number of nitrogens with one attached hydrogen (secondary N) is 2. The molecule has 0 radical (unpaired) electrons. The first-order valence-corrected chi connectivity index (χ1v) is 4.85. The lowest BCUT2D eigenvalue weighted by atomic mass is 10.1. The number of hydrogen-bond donors (Lipinski definition) is 3. The Balaban J connectivity index is 4.04. The number of carbonyl (C=O) groups is 2. The Bertz CT molecular complexity index is 209. The fourth-order valence-corrected chi connectivity index (χ4v) is 0.961. The molecule has 0 saturated heterocycles. The number of carboxylic acid groups (broad SMARTS) is 1. The van der Waals surface area contributed by atoms with Crippen molar-refractivity contribution in [2.24, 2.45) is 5.92 Å². The first kappa shape index (κ1) is 13.0. The van der Waals surface area contributed by atoms with Crippen LogP contribution >= 0.6 is 11.6 Å². The van der Waals surface area contributed by atoms with E-state index >= 15 is 0 Å². The van der Waals surface area contributed by atoms with Gasteiger partial charge in [0.25, 0.3) is 0 Å². The number of urea groups is 1. The predicted molar refractivity (Wildman–Crippen MR) is 53.5 cm³/mol. The van der Waals surface area contributed by atoms with Crippen molar-refractivity contribution in [2.45, 2.75) is 19.9 Å². The zero-order chi connectivity index (χ0) is 11.1. The molecule has 1 atom stereocenters. The molecule has 14 heavy (non-hydrogen) atoms. The van der Waals surface area contributed by atoms with E-state index in [1.165, 1.54) is 0 Å². The highest BCUT2D eigenvalue weighted by Gasteiger charge is 2.22. The summed E-state index contributed by atoms with van der Waals surface area (Å²) < 4.78 is 0. The number of alkyl halides is 1. The van der Waals surface area contributed by atoms with Gasteiger partial charge < -0.3 is 15.7 Å². The molecule has 82 valence electrons. The van der Waals surface area contributed by atoms with Crippen molar-refractivity contribution < 1.29 is 14.7 Å². The lowest BCUT2D eigenvalue weighted by Gasteiger charge is -2.17. The molecule has 3 N–H and O–H groups in total. The third kappa shape index (κ3) is 4.91. The van der Waals surface area contributed by atoms with E-state index < -0.39 is 18.0 Å². The van der Waals surface area contributed by atoms with Crippen LogP contribution in [-0.2, 0) is 4.79 Å². The Morgan fingerprint density at radius 2 is 2.00 bits per heavy atom. The second-order valence-corrected chi connectivity index (χ2v) is 3.53. The molecule has 0 aromatic rings. The molecule has 0 saturated carbocycles. The molecule has 0 fully saturated rings. The molecular weight excluding hydrogens is 208 g/mol. The Hall–Kier alpha value is -0.970. The van der Waals surface area contributed by atoms with Crippen molar-refractivity contribution >= 4 is 23.6 Å². The van der Waals surface area contributed by atoms with E-state index in [9.17, 15) is 9.59 Å². The van der Waals surface area contributed by atoms with Gasteiger partial charge in [-0.05, 0) is 5.92 Å². The molecule has 0 spiro atoms. The first-order chi connectivity index (χ1) is 6.49. The maximum Gasteiger partial charge on any atom is 0.326 e. The summed E-state index contributed by atoms with van der Waals surface area (Å²) >= 11 is 5.35. The van der Waals surface area contributed by atoms with Crippen LogP contribution in [0.15, 0.2) is 0 Å². The van der Waals surface area contributed by atoms with Gasteiger partial charge >= 0.3 is 12.0 Å². The minimum atomic E-state index is -1.04. The predicted octanol–water partition coefficient (Wildman–Crippen LogP) is 0.634. The average molecular weight is 223 g/mol. The van der Waals surface area contributed by atoms with E-state index in [1.807, 2.05) is 0 Å². The van der Waals surface area contributed by atoms with E-state index in [4.69, 9.17) is 16.7 Å². The maximum absolute atomic E-state index is 11.1. The molecule has 2 amide bonds. The summed E-state index contributed by atoms with van der Waals surface area (Å²) in [4.78, 5) is 21.8. The summed E-state index contributed by atoms with van der Waals surface area (Å²) in [5, 5.41) is 13.5. The van der Waals surface area contributed by atoms with Gasteiger partial charge in [0.1, 0.15) is 6.04 Å². The second-order valence-electron chi connectivity index (χ2n) is 3.15. The third-order valence-corrected chi connectivity index (χ3v) is 1.79. The number of hydrogen-bond acceptors (Lipinski definition) is 2. The standard InChI is InChI=1S/C8H15ClN2O3/c1-5(2)6(7(12)13)11-8(14)10-4-3-9/h5-6H,3-4H2,1-2H3,(H,12,13)(H2,10,11,14)/t6-/m0/s1. The van der Waals surface area contributed by atoms with Gasteiger partial charge in [0.2, 0.25) is 0 Å². The number of halogens is 1. The number of amides is 2. The minimum absolute atomic E-state index is 0.158. The number of rotatable bonds is 5. The maximum atomic E-state index is 11.1. The van der Waals surface area contributed by atoms with Gasteiger partial charge in [-0.25, -0.2) is 9.59 Å². The van der Waals surface area contributed by atoms with Crippen molar-refractivity contribution in [3.8, 4) is 0 Å². The summed E-state index contributed by atoms with van der Waals surface area (Å²) in [6.07, 6.45) is 0. The highest BCUT2D eigenvalue weighted by atomic mass is 35.5. The first-order valence-electron chi connectivity index (χ1n) is 4.32. The zero-order valence-electron chi connectivity index (χ0n) is 8.21. The lowest BCUT2D eigenvalue weighted by Crippen LogP contribution is -2.48. The van der Waals surface area contributed by atoms with E-state index in [0.29, 0.717) is 12.4 Å². The van der Waals surface area contributed by atoms with Gasteiger partial charge in [-0.1, -0.05) is 13.8 Å². The molecule has 0 aromatic carbocycles. The highest BCUT2D eigenvalue weighted by molar-refractivity contribution is 6.18. The molecule has 0 bridgehead atoms. The second kappa shape index (κ2) is 6.48. The van der Waals surface area contributed by atoms with Gasteiger partial charge in [-0.3, -0.25) is 0 Å². The van der Waals surface area contributed by atoms with Crippen LogP contribution in [0.4, 0.5) is 4.79 Å². The summed E-state index contributed by atoms with van der Waals surface area (Å²) in [6, 6.07) is -1.38. The SMILES string of the molecule is CC(C)[C@H](NC(=O)NCCCl)C(=O)O. The molecule has 0 aliphatic rings. The van der Waals surface area contributed by atoms with Crippen LogP contribution in [0, 0.1) is 5.92 Å². The molecule has 5 nitrogen and oxygen atoms in total. The van der Waals surface area contributed by atoms with E-state index in [-0.39, 0.29) is 5.92 Å². The van der Waals surface area contributed by atoms with Crippen LogP contribution in [-0.4, -0.2) is 35.6 Å². The summed E-state index contributed by atoms with van der Waals surface area (Å²) in [6.45, 7) is 3.76. The van der Waals surface area contributed by atoms with Gasteiger partial charge in [-0.2, -0.15) is 0 Å². The highest BCUT2D eigenvalue weighted by Crippen LogP contribution is 2.00.